The molecule has 0 spiro atoms. The van der Waals surface area contributed by atoms with Gasteiger partial charge in [-0.05, 0) is 48.5 Å². The van der Waals surface area contributed by atoms with E-state index in [9.17, 15) is 5.11 Å². The molecule has 0 aliphatic carbocycles. The molecule has 0 aliphatic rings. The van der Waals surface area contributed by atoms with Crippen molar-refractivity contribution in [2.75, 3.05) is 5.73 Å². The highest BCUT2D eigenvalue weighted by Gasteiger charge is 2.06. The zero-order valence-electron chi connectivity index (χ0n) is 11.2. The molecule has 0 fully saturated rings. The molecule has 4 nitrogen and oxygen atoms in total. The van der Waals surface area contributed by atoms with Crippen LogP contribution < -0.4 is 10.5 Å². The van der Waals surface area contributed by atoms with Crippen molar-refractivity contribution in [1.82, 2.24) is 4.57 Å². The average Bonchev–Trinajstić information content (AvgIpc) is 2.74. The fourth-order valence-electron chi connectivity index (χ4n) is 2.26. The number of nitrogen functional groups attached to an aromatic ring is 1. The SMILES string of the molecule is Cn1c(COc2ccc(O)cc2)cc2cc(N)ccc21. The highest BCUT2D eigenvalue weighted by atomic mass is 16.5. The number of hydrogen-bond acceptors (Lipinski definition) is 3. The Hall–Kier alpha value is -2.62. The topological polar surface area (TPSA) is 60.4 Å². The smallest absolute Gasteiger partial charge is 0.128 e. The number of aromatic hydroxyl groups is 1. The highest BCUT2D eigenvalue weighted by Crippen LogP contribution is 2.23. The largest absolute Gasteiger partial charge is 0.508 e. The standard InChI is InChI=1S/C16H16N2O2/c1-18-13(9-11-8-12(17)2-7-16(11)18)10-20-15-5-3-14(19)4-6-15/h2-9,19H,10,17H2,1H3. The van der Waals surface area contributed by atoms with Gasteiger partial charge < -0.3 is 20.1 Å². The normalized spacial score (nSPS) is 10.8. The van der Waals surface area contributed by atoms with Crippen molar-refractivity contribution in [2.45, 2.75) is 6.61 Å². The van der Waals surface area contributed by atoms with Gasteiger partial charge in [0, 0.05) is 23.6 Å². The van der Waals surface area contributed by atoms with Gasteiger partial charge >= 0.3 is 0 Å². The molecule has 2 aromatic carbocycles. The number of anilines is 1. The van der Waals surface area contributed by atoms with Crippen LogP contribution in [0.15, 0.2) is 48.5 Å². The van der Waals surface area contributed by atoms with Gasteiger partial charge in [-0.3, -0.25) is 0 Å². The Bertz CT molecular complexity index is 745. The molecule has 3 rings (SSSR count). The minimum absolute atomic E-state index is 0.234. The van der Waals surface area contributed by atoms with Crippen LogP contribution in [0.5, 0.6) is 11.5 Å². The lowest BCUT2D eigenvalue weighted by molar-refractivity contribution is 0.297. The average molecular weight is 268 g/mol. The molecule has 1 aromatic heterocycles. The molecule has 4 heteroatoms. The van der Waals surface area contributed by atoms with E-state index in [0.717, 1.165) is 28.0 Å². The first-order chi connectivity index (χ1) is 9.63. The lowest BCUT2D eigenvalue weighted by atomic mass is 10.2. The first kappa shape index (κ1) is 12.4. The third-order valence-corrected chi connectivity index (χ3v) is 3.39. The van der Waals surface area contributed by atoms with Crippen molar-refractivity contribution in [3.8, 4) is 11.5 Å². The fraction of sp³-hybridized carbons (Fsp3) is 0.125. The van der Waals surface area contributed by atoms with Crippen molar-refractivity contribution < 1.29 is 9.84 Å². The zero-order chi connectivity index (χ0) is 14.1. The van der Waals surface area contributed by atoms with Gasteiger partial charge in [-0.25, -0.2) is 0 Å². The summed E-state index contributed by atoms with van der Waals surface area (Å²) in [6.45, 7) is 0.468. The summed E-state index contributed by atoms with van der Waals surface area (Å²) in [5, 5.41) is 10.3. The summed E-state index contributed by atoms with van der Waals surface area (Å²) in [5.74, 6) is 0.963. The van der Waals surface area contributed by atoms with E-state index in [0.29, 0.717) is 6.61 Å². The summed E-state index contributed by atoms with van der Waals surface area (Å²) in [7, 11) is 2.01. The lowest BCUT2D eigenvalue weighted by Crippen LogP contribution is -2.01. The molecule has 102 valence electrons. The summed E-state index contributed by atoms with van der Waals surface area (Å²) >= 11 is 0. The zero-order valence-corrected chi connectivity index (χ0v) is 11.2. The van der Waals surface area contributed by atoms with Crippen molar-refractivity contribution >= 4 is 16.6 Å². The maximum atomic E-state index is 9.24. The maximum Gasteiger partial charge on any atom is 0.128 e. The number of phenols is 1. The second-order valence-electron chi connectivity index (χ2n) is 4.80. The fourth-order valence-corrected chi connectivity index (χ4v) is 2.26. The van der Waals surface area contributed by atoms with Gasteiger partial charge in [0.25, 0.3) is 0 Å². The molecule has 0 saturated carbocycles. The number of aromatic nitrogens is 1. The number of nitrogens with zero attached hydrogens (tertiary/aromatic N) is 1. The molecule has 3 N–H and O–H groups in total. The number of hydrogen-bond donors (Lipinski definition) is 2. The Morgan fingerprint density at radius 1 is 1.10 bits per heavy atom. The molecular weight excluding hydrogens is 252 g/mol. The minimum Gasteiger partial charge on any atom is -0.508 e. The van der Waals surface area contributed by atoms with Crippen LogP contribution >= 0.6 is 0 Å². The lowest BCUT2D eigenvalue weighted by Gasteiger charge is -2.07. The Morgan fingerprint density at radius 2 is 1.85 bits per heavy atom. The van der Waals surface area contributed by atoms with Crippen molar-refractivity contribution in [3.63, 3.8) is 0 Å². The molecule has 0 radical (unpaired) electrons. The van der Waals surface area contributed by atoms with Crippen molar-refractivity contribution in [3.05, 3.63) is 54.2 Å². The van der Waals surface area contributed by atoms with E-state index >= 15 is 0 Å². The first-order valence-electron chi connectivity index (χ1n) is 6.39. The summed E-state index contributed by atoms with van der Waals surface area (Å²) in [6.07, 6.45) is 0. The first-order valence-corrected chi connectivity index (χ1v) is 6.39. The van der Waals surface area contributed by atoms with Gasteiger partial charge in [0.15, 0.2) is 0 Å². The second-order valence-corrected chi connectivity index (χ2v) is 4.80. The summed E-state index contributed by atoms with van der Waals surface area (Å²) < 4.78 is 7.82. The van der Waals surface area contributed by atoms with Gasteiger partial charge in [0.1, 0.15) is 18.1 Å². The molecule has 3 aromatic rings. The summed E-state index contributed by atoms with van der Waals surface area (Å²) in [5.41, 5.74) is 8.75. The Kier molecular flexibility index (Phi) is 2.99. The van der Waals surface area contributed by atoms with Gasteiger partial charge in [-0.2, -0.15) is 0 Å². The molecule has 0 atom stereocenters. The molecular formula is C16H16N2O2. The Morgan fingerprint density at radius 3 is 2.60 bits per heavy atom. The molecule has 1 heterocycles. The van der Waals surface area contributed by atoms with Crippen LogP contribution in [0.25, 0.3) is 10.9 Å². The quantitative estimate of drug-likeness (QED) is 0.718. The van der Waals surface area contributed by atoms with Crippen LogP contribution in [0.3, 0.4) is 0 Å². The van der Waals surface area contributed by atoms with E-state index in [1.54, 1.807) is 24.3 Å². The number of phenolic OH excluding ortho intramolecular Hbond substituents is 1. The summed E-state index contributed by atoms with van der Waals surface area (Å²) in [6, 6.07) is 14.6. The monoisotopic (exact) mass is 268 g/mol. The third-order valence-electron chi connectivity index (χ3n) is 3.39. The highest BCUT2D eigenvalue weighted by molar-refractivity contribution is 5.84. The van der Waals surface area contributed by atoms with Crippen LogP contribution in [-0.2, 0) is 13.7 Å². The third kappa shape index (κ3) is 2.28. The van der Waals surface area contributed by atoms with E-state index < -0.39 is 0 Å². The number of ether oxygens (including phenoxy) is 1. The molecule has 20 heavy (non-hydrogen) atoms. The number of aryl methyl sites for hydroxylation is 1. The number of fused-ring (bicyclic) bond motifs is 1. The van der Waals surface area contributed by atoms with Crippen LogP contribution in [0.2, 0.25) is 0 Å². The Labute approximate surface area is 117 Å². The second kappa shape index (κ2) is 4.81. The maximum absolute atomic E-state index is 9.24. The van der Waals surface area contributed by atoms with Crippen LogP contribution in [-0.4, -0.2) is 9.67 Å². The van der Waals surface area contributed by atoms with E-state index in [4.69, 9.17) is 10.5 Å². The molecule has 0 amide bonds. The number of rotatable bonds is 3. The minimum atomic E-state index is 0.234. The molecule has 0 bridgehead atoms. The van der Waals surface area contributed by atoms with Gasteiger partial charge in [-0.15, -0.1) is 0 Å². The predicted octanol–water partition coefficient (Wildman–Crippen LogP) is 3.05. The van der Waals surface area contributed by atoms with Crippen LogP contribution in [0.4, 0.5) is 5.69 Å². The number of nitrogens with two attached hydrogens (primary N) is 1. The van der Waals surface area contributed by atoms with E-state index in [1.165, 1.54) is 0 Å². The van der Waals surface area contributed by atoms with Crippen LogP contribution in [0, 0.1) is 0 Å². The van der Waals surface area contributed by atoms with Gasteiger partial charge in [0.05, 0.1) is 5.69 Å². The van der Waals surface area contributed by atoms with Gasteiger partial charge in [0.2, 0.25) is 0 Å². The molecule has 0 unspecified atom stereocenters. The molecule has 0 saturated heterocycles. The van der Waals surface area contributed by atoms with Crippen LogP contribution in [0.1, 0.15) is 5.69 Å². The van der Waals surface area contributed by atoms with Crippen molar-refractivity contribution in [2.24, 2.45) is 7.05 Å². The van der Waals surface area contributed by atoms with Gasteiger partial charge in [-0.1, -0.05) is 0 Å². The number of benzene rings is 2. The van der Waals surface area contributed by atoms with Crippen molar-refractivity contribution in [1.29, 1.82) is 0 Å². The van der Waals surface area contributed by atoms with E-state index in [2.05, 4.69) is 10.6 Å². The van der Waals surface area contributed by atoms with E-state index in [1.807, 2.05) is 25.2 Å². The molecule has 0 aliphatic heterocycles. The van der Waals surface area contributed by atoms with E-state index in [-0.39, 0.29) is 5.75 Å². The summed E-state index contributed by atoms with van der Waals surface area (Å²) in [4.78, 5) is 0. The Balaban J connectivity index is 1.84. The predicted molar refractivity (Wildman–Crippen MR) is 79.8 cm³/mol.